The van der Waals surface area contributed by atoms with E-state index in [0.29, 0.717) is 10.6 Å². The van der Waals surface area contributed by atoms with Gasteiger partial charge in [-0.15, -0.1) is 0 Å². The van der Waals surface area contributed by atoms with Gasteiger partial charge in [-0.1, -0.05) is 30.3 Å². The molecule has 2 rings (SSSR count). The van der Waals surface area contributed by atoms with Crippen LogP contribution in [0.15, 0.2) is 30.3 Å². The zero-order valence-electron chi connectivity index (χ0n) is 11.7. The van der Waals surface area contributed by atoms with Crippen molar-refractivity contribution in [2.45, 2.75) is 26.1 Å². The van der Waals surface area contributed by atoms with Crippen molar-refractivity contribution >= 4 is 22.4 Å². The van der Waals surface area contributed by atoms with Gasteiger partial charge in [0.25, 0.3) is 0 Å². The maximum atomic E-state index is 12.8. The smallest absolute Gasteiger partial charge is 0.382 e. The molecule has 1 aromatic carbocycles. The number of hydrogen-bond donors (Lipinski definition) is 1. The molecule has 0 unspecified atom stereocenters. The second-order valence-corrected chi connectivity index (χ2v) is 5.70. The lowest BCUT2D eigenvalue weighted by Crippen LogP contribution is -2.38. The maximum Gasteiger partial charge on any atom is 0.405 e. The van der Waals surface area contributed by atoms with Crippen LogP contribution in [0, 0.1) is 0 Å². The molecule has 0 saturated carbocycles. The van der Waals surface area contributed by atoms with E-state index in [1.54, 1.807) is 13.8 Å². The summed E-state index contributed by atoms with van der Waals surface area (Å²) in [4.78, 5) is 1.29. The summed E-state index contributed by atoms with van der Waals surface area (Å²) >= 11 is 0.999. The molecule has 2 N–H and O–H groups in total. The van der Waals surface area contributed by atoms with Crippen LogP contribution in [0.1, 0.15) is 13.8 Å². The number of nitrogens with zero attached hydrogens (tertiary/aromatic N) is 2. The fourth-order valence-corrected chi connectivity index (χ4v) is 3.02. The first-order valence-corrected chi connectivity index (χ1v) is 7.21. The van der Waals surface area contributed by atoms with Gasteiger partial charge in [0.1, 0.15) is 17.4 Å². The third-order valence-electron chi connectivity index (χ3n) is 3.00. The van der Waals surface area contributed by atoms with E-state index in [1.807, 2.05) is 30.3 Å². The zero-order valence-corrected chi connectivity index (χ0v) is 12.5. The number of aromatic nitrogens is 1. The van der Waals surface area contributed by atoms with Gasteiger partial charge in [0.2, 0.25) is 0 Å². The Labute approximate surface area is 125 Å². The first-order valence-electron chi connectivity index (χ1n) is 6.43. The molecule has 3 nitrogen and oxygen atoms in total. The fourth-order valence-electron chi connectivity index (χ4n) is 2.05. The summed E-state index contributed by atoms with van der Waals surface area (Å²) in [6.07, 6.45) is -4.28. The van der Waals surface area contributed by atoms with Gasteiger partial charge < -0.3 is 10.6 Å². The lowest BCUT2D eigenvalue weighted by atomic mass is 10.1. The molecule has 1 aromatic heterocycles. The third kappa shape index (κ3) is 3.66. The number of anilines is 2. The van der Waals surface area contributed by atoms with Crippen LogP contribution in [0.3, 0.4) is 0 Å². The van der Waals surface area contributed by atoms with Crippen molar-refractivity contribution in [2.24, 2.45) is 0 Å². The topological polar surface area (TPSA) is 42.2 Å². The number of alkyl halides is 3. The summed E-state index contributed by atoms with van der Waals surface area (Å²) < 4.78 is 42.4. The van der Waals surface area contributed by atoms with Crippen molar-refractivity contribution in [3.05, 3.63) is 30.3 Å². The molecule has 0 saturated heterocycles. The summed E-state index contributed by atoms with van der Waals surface area (Å²) in [6, 6.07) is 8.80. The molecule has 0 aliphatic rings. The summed E-state index contributed by atoms with van der Waals surface area (Å²) in [7, 11) is 0. The highest BCUT2D eigenvalue weighted by molar-refractivity contribution is 7.11. The van der Waals surface area contributed by atoms with Crippen LogP contribution in [-0.4, -0.2) is 23.1 Å². The van der Waals surface area contributed by atoms with Crippen LogP contribution in [-0.2, 0) is 0 Å². The Morgan fingerprint density at radius 3 is 2.38 bits per heavy atom. The van der Waals surface area contributed by atoms with Gasteiger partial charge in [0, 0.05) is 6.04 Å². The number of halogens is 3. The molecule has 0 spiro atoms. The Balaban J connectivity index is 2.48. The molecule has 0 aliphatic carbocycles. The Bertz CT molecular complexity index is 593. The molecule has 114 valence electrons. The van der Waals surface area contributed by atoms with Crippen molar-refractivity contribution in [1.29, 1.82) is 0 Å². The van der Waals surface area contributed by atoms with Gasteiger partial charge in [-0.3, -0.25) is 0 Å². The van der Waals surface area contributed by atoms with Gasteiger partial charge in [-0.05, 0) is 30.9 Å². The van der Waals surface area contributed by atoms with Crippen molar-refractivity contribution in [2.75, 3.05) is 17.2 Å². The van der Waals surface area contributed by atoms with E-state index in [0.717, 1.165) is 17.1 Å². The minimum atomic E-state index is -4.28. The minimum Gasteiger partial charge on any atom is -0.382 e. The summed E-state index contributed by atoms with van der Waals surface area (Å²) in [5.41, 5.74) is 7.20. The van der Waals surface area contributed by atoms with Gasteiger partial charge in [-0.2, -0.15) is 17.5 Å². The lowest BCUT2D eigenvalue weighted by molar-refractivity contribution is -0.120. The third-order valence-corrected chi connectivity index (χ3v) is 3.90. The number of hydrogen-bond acceptors (Lipinski definition) is 4. The number of rotatable bonds is 4. The van der Waals surface area contributed by atoms with Crippen LogP contribution in [0.5, 0.6) is 0 Å². The lowest BCUT2D eigenvalue weighted by Gasteiger charge is -2.29. The number of nitrogens with two attached hydrogens (primary N) is 1. The summed E-state index contributed by atoms with van der Waals surface area (Å²) in [6.45, 7) is 2.42. The van der Waals surface area contributed by atoms with E-state index < -0.39 is 12.7 Å². The van der Waals surface area contributed by atoms with Crippen LogP contribution in [0.2, 0.25) is 0 Å². The molecular weight excluding hydrogens is 299 g/mol. The Morgan fingerprint density at radius 2 is 1.86 bits per heavy atom. The van der Waals surface area contributed by atoms with Crippen LogP contribution >= 0.6 is 11.5 Å². The van der Waals surface area contributed by atoms with Crippen molar-refractivity contribution < 1.29 is 13.2 Å². The molecule has 0 amide bonds. The summed E-state index contributed by atoms with van der Waals surface area (Å²) in [5.74, 6) is 0.258. The Hall–Kier alpha value is -1.76. The second-order valence-electron chi connectivity index (χ2n) is 4.95. The molecule has 0 bridgehead atoms. The quantitative estimate of drug-likeness (QED) is 0.921. The van der Waals surface area contributed by atoms with E-state index in [9.17, 15) is 13.2 Å². The molecule has 0 radical (unpaired) electrons. The normalized spacial score (nSPS) is 11.9. The standard InChI is InChI=1S/C14H16F3N3S/c1-9(2)20(8-14(15,16)17)13-11(12(18)19-21-13)10-6-4-3-5-7-10/h3-7,9H,8H2,1-2H3,(H2,18,19). The molecule has 2 aromatic rings. The second kappa shape index (κ2) is 5.93. The van der Waals surface area contributed by atoms with Crippen LogP contribution < -0.4 is 10.6 Å². The number of nitrogen functional groups attached to an aromatic ring is 1. The SMILES string of the molecule is CC(C)N(CC(F)(F)F)c1snc(N)c1-c1ccccc1. The van der Waals surface area contributed by atoms with Crippen LogP contribution in [0.4, 0.5) is 24.0 Å². The monoisotopic (exact) mass is 315 g/mol. The molecule has 7 heteroatoms. The number of benzene rings is 1. The van der Waals surface area contributed by atoms with Crippen molar-refractivity contribution in [3.8, 4) is 11.1 Å². The van der Waals surface area contributed by atoms with Crippen molar-refractivity contribution in [1.82, 2.24) is 4.37 Å². The van der Waals surface area contributed by atoms with Gasteiger partial charge >= 0.3 is 6.18 Å². The largest absolute Gasteiger partial charge is 0.405 e. The zero-order chi connectivity index (χ0) is 15.6. The highest BCUT2D eigenvalue weighted by Gasteiger charge is 2.34. The van der Waals surface area contributed by atoms with Crippen molar-refractivity contribution in [3.63, 3.8) is 0 Å². The Kier molecular flexibility index (Phi) is 4.41. The van der Waals surface area contributed by atoms with E-state index >= 15 is 0 Å². The highest BCUT2D eigenvalue weighted by Crippen LogP contribution is 2.40. The van der Waals surface area contributed by atoms with Gasteiger partial charge in [0.15, 0.2) is 0 Å². The van der Waals surface area contributed by atoms with E-state index in [2.05, 4.69) is 4.37 Å². The molecule has 0 aliphatic heterocycles. The van der Waals surface area contributed by atoms with E-state index in [4.69, 9.17) is 5.73 Å². The maximum absolute atomic E-state index is 12.8. The first-order chi connectivity index (χ1) is 9.79. The average molecular weight is 315 g/mol. The van der Waals surface area contributed by atoms with Crippen LogP contribution in [0.25, 0.3) is 11.1 Å². The first kappa shape index (κ1) is 15.6. The molecule has 21 heavy (non-hydrogen) atoms. The Morgan fingerprint density at radius 1 is 1.24 bits per heavy atom. The van der Waals surface area contributed by atoms with E-state index in [-0.39, 0.29) is 11.9 Å². The molecule has 0 fully saturated rings. The minimum absolute atomic E-state index is 0.258. The van der Waals surface area contributed by atoms with E-state index in [1.165, 1.54) is 4.90 Å². The fraction of sp³-hybridized carbons (Fsp3) is 0.357. The molecular formula is C14H16F3N3S. The molecule has 0 atom stereocenters. The van der Waals surface area contributed by atoms with Gasteiger partial charge in [0.05, 0.1) is 5.56 Å². The predicted octanol–water partition coefficient (Wildman–Crippen LogP) is 4.17. The average Bonchev–Trinajstić information content (AvgIpc) is 2.77. The summed E-state index contributed by atoms with van der Waals surface area (Å²) in [5, 5.41) is 0.450. The highest BCUT2D eigenvalue weighted by atomic mass is 32.1. The molecule has 1 heterocycles. The predicted molar refractivity (Wildman–Crippen MR) is 80.5 cm³/mol. The van der Waals surface area contributed by atoms with Gasteiger partial charge in [-0.25, -0.2) is 0 Å².